The third-order valence-electron chi connectivity index (χ3n) is 5.49. The molecule has 1 aromatic carbocycles. The molecule has 0 bridgehead atoms. The second kappa shape index (κ2) is 7.45. The summed E-state index contributed by atoms with van der Waals surface area (Å²) in [5.41, 5.74) is 0.693. The zero-order chi connectivity index (χ0) is 19.7. The quantitative estimate of drug-likeness (QED) is 0.625. The van der Waals surface area contributed by atoms with Crippen LogP contribution in [0, 0.1) is 0 Å². The fourth-order valence-corrected chi connectivity index (χ4v) is 4.10. The van der Waals surface area contributed by atoms with Gasteiger partial charge < -0.3 is 4.90 Å². The predicted octanol–water partition coefficient (Wildman–Crippen LogP) is 5.08. The van der Waals surface area contributed by atoms with Crippen LogP contribution in [0.2, 0.25) is 0 Å². The molecule has 0 amide bonds. The average Bonchev–Trinajstić information content (AvgIpc) is 3.10. The molecule has 7 heteroatoms. The van der Waals surface area contributed by atoms with E-state index in [0.717, 1.165) is 19.3 Å². The summed E-state index contributed by atoms with van der Waals surface area (Å²) in [5.74, 6) is 0.956. The van der Waals surface area contributed by atoms with E-state index in [2.05, 4.69) is 22.3 Å². The van der Waals surface area contributed by atoms with Gasteiger partial charge in [-0.3, -0.25) is 4.40 Å². The number of alkyl halides is 3. The molecule has 3 heterocycles. The Bertz CT molecular complexity index is 941. The zero-order valence-corrected chi connectivity index (χ0v) is 15.8. The van der Waals surface area contributed by atoms with Gasteiger partial charge in [-0.1, -0.05) is 37.3 Å². The van der Waals surface area contributed by atoms with Gasteiger partial charge in [-0.05, 0) is 36.8 Å². The van der Waals surface area contributed by atoms with Crippen molar-refractivity contribution < 1.29 is 13.2 Å². The lowest BCUT2D eigenvalue weighted by molar-refractivity contribution is -0.136. The number of benzene rings is 1. The maximum absolute atomic E-state index is 14.0. The highest BCUT2D eigenvalue weighted by Crippen LogP contribution is 2.41. The number of hydrogen-bond acceptors (Lipinski definition) is 3. The van der Waals surface area contributed by atoms with Crippen LogP contribution in [0.3, 0.4) is 0 Å². The highest BCUT2D eigenvalue weighted by atomic mass is 19.4. The Morgan fingerprint density at radius 3 is 2.39 bits per heavy atom. The summed E-state index contributed by atoms with van der Waals surface area (Å²) in [5, 5.41) is 7.88. The maximum Gasteiger partial charge on any atom is 0.422 e. The van der Waals surface area contributed by atoms with Gasteiger partial charge in [0.1, 0.15) is 11.4 Å². The van der Waals surface area contributed by atoms with Crippen LogP contribution < -0.4 is 4.90 Å². The summed E-state index contributed by atoms with van der Waals surface area (Å²) in [6, 6.07) is 11.8. The second-order valence-corrected chi connectivity index (χ2v) is 7.31. The number of fused-ring (bicyclic) bond motifs is 1. The molecule has 4 nitrogen and oxygen atoms in total. The Morgan fingerprint density at radius 1 is 1.04 bits per heavy atom. The van der Waals surface area contributed by atoms with E-state index < -0.39 is 11.7 Å². The van der Waals surface area contributed by atoms with Crippen LogP contribution in [-0.4, -0.2) is 27.7 Å². The fourth-order valence-electron chi connectivity index (χ4n) is 4.10. The van der Waals surface area contributed by atoms with Crippen LogP contribution in [0.1, 0.15) is 49.1 Å². The minimum atomic E-state index is -4.48. The molecular weight excluding hydrogens is 365 g/mol. The van der Waals surface area contributed by atoms with Crippen LogP contribution in [0.25, 0.3) is 5.65 Å². The van der Waals surface area contributed by atoms with E-state index in [-0.39, 0.29) is 11.3 Å². The second-order valence-electron chi connectivity index (χ2n) is 7.31. The lowest BCUT2D eigenvalue weighted by Gasteiger charge is -2.35. The first kappa shape index (κ1) is 18.8. The Kier molecular flexibility index (Phi) is 5.00. The van der Waals surface area contributed by atoms with Gasteiger partial charge >= 0.3 is 6.18 Å². The van der Waals surface area contributed by atoms with Crippen LogP contribution in [0.4, 0.5) is 18.9 Å². The van der Waals surface area contributed by atoms with Crippen LogP contribution in [-0.2, 0) is 12.6 Å². The number of pyridine rings is 1. The van der Waals surface area contributed by atoms with Crippen molar-refractivity contribution in [3.63, 3.8) is 0 Å². The summed E-state index contributed by atoms with van der Waals surface area (Å²) in [7, 11) is 0. The molecule has 4 rings (SSSR count). The molecule has 148 valence electrons. The molecule has 0 spiro atoms. The molecule has 0 atom stereocenters. The number of anilines is 1. The SMILES string of the molecule is CCCc1nnc2c(C(F)(F)F)c(N3CCC(c4ccccc4)CC3)ccn12. The Morgan fingerprint density at radius 2 is 1.75 bits per heavy atom. The van der Waals surface area contributed by atoms with Gasteiger partial charge in [0.05, 0.1) is 5.69 Å². The van der Waals surface area contributed by atoms with Crippen LogP contribution in [0.5, 0.6) is 0 Å². The number of rotatable bonds is 4. The Balaban J connectivity index is 1.65. The third kappa shape index (κ3) is 3.45. The summed E-state index contributed by atoms with van der Waals surface area (Å²) in [4.78, 5) is 1.84. The molecule has 1 aliphatic rings. The van der Waals surface area contributed by atoms with Gasteiger partial charge in [0.25, 0.3) is 0 Å². The van der Waals surface area contributed by atoms with Crippen LogP contribution >= 0.6 is 0 Å². The number of halogens is 3. The van der Waals surface area contributed by atoms with E-state index in [1.165, 1.54) is 9.96 Å². The molecule has 1 saturated heterocycles. The predicted molar refractivity (Wildman–Crippen MR) is 103 cm³/mol. The molecule has 0 saturated carbocycles. The molecule has 0 N–H and O–H groups in total. The normalized spacial score (nSPS) is 16.1. The zero-order valence-electron chi connectivity index (χ0n) is 15.8. The first-order valence-corrected chi connectivity index (χ1v) is 9.72. The Hall–Kier alpha value is -2.57. The van der Waals surface area contributed by atoms with E-state index in [1.807, 2.05) is 30.0 Å². The molecule has 0 unspecified atom stereocenters. The van der Waals surface area contributed by atoms with E-state index in [1.54, 1.807) is 12.3 Å². The summed E-state index contributed by atoms with van der Waals surface area (Å²) >= 11 is 0. The van der Waals surface area contributed by atoms with Gasteiger partial charge in [-0.2, -0.15) is 13.2 Å². The molecule has 2 aromatic heterocycles. The minimum Gasteiger partial charge on any atom is -0.371 e. The summed E-state index contributed by atoms with van der Waals surface area (Å²) in [6.45, 7) is 3.15. The topological polar surface area (TPSA) is 33.4 Å². The van der Waals surface area contributed by atoms with Gasteiger partial charge in [-0.25, -0.2) is 0 Å². The standard InChI is InChI=1S/C21H23F3N4/c1-2-6-18-25-26-20-19(21(22,23)24)17(11-14-28(18)20)27-12-9-16(10-13-27)15-7-4-3-5-8-15/h3-5,7-8,11,14,16H,2,6,9-10,12-13H2,1H3. The van der Waals surface area contributed by atoms with E-state index in [4.69, 9.17) is 0 Å². The van der Waals surface area contributed by atoms with Gasteiger partial charge in [0, 0.05) is 25.7 Å². The maximum atomic E-state index is 14.0. The number of hydrogen-bond donors (Lipinski definition) is 0. The first-order chi connectivity index (χ1) is 13.5. The van der Waals surface area contributed by atoms with Crippen LogP contribution in [0.15, 0.2) is 42.6 Å². The number of nitrogens with zero attached hydrogens (tertiary/aromatic N) is 4. The first-order valence-electron chi connectivity index (χ1n) is 9.72. The van der Waals surface area contributed by atoms with Crippen molar-refractivity contribution in [1.82, 2.24) is 14.6 Å². The van der Waals surface area contributed by atoms with Crippen molar-refractivity contribution >= 4 is 11.3 Å². The van der Waals surface area contributed by atoms with Crippen molar-refractivity contribution in [1.29, 1.82) is 0 Å². The fraction of sp³-hybridized carbons (Fsp3) is 0.429. The largest absolute Gasteiger partial charge is 0.422 e. The molecule has 1 fully saturated rings. The highest BCUT2D eigenvalue weighted by molar-refractivity contribution is 5.67. The van der Waals surface area contributed by atoms with Crippen molar-refractivity contribution in [2.75, 3.05) is 18.0 Å². The molecular formula is C21H23F3N4. The monoisotopic (exact) mass is 388 g/mol. The van der Waals surface area contributed by atoms with Crippen molar-refractivity contribution in [3.05, 3.63) is 59.5 Å². The molecule has 28 heavy (non-hydrogen) atoms. The number of piperidine rings is 1. The van der Waals surface area contributed by atoms with Gasteiger partial charge in [0.2, 0.25) is 0 Å². The number of aromatic nitrogens is 3. The average molecular weight is 388 g/mol. The lowest BCUT2D eigenvalue weighted by atomic mass is 9.89. The molecule has 0 aliphatic carbocycles. The van der Waals surface area contributed by atoms with Crippen molar-refractivity contribution in [3.8, 4) is 0 Å². The van der Waals surface area contributed by atoms with Gasteiger partial charge in [-0.15, -0.1) is 10.2 Å². The van der Waals surface area contributed by atoms with E-state index in [9.17, 15) is 13.2 Å². The molecule has 3 aromatic rings. The van der Waals surface area contributed by atoms with Gasteiger partial charge in [0.15, 0.2) is 5.65 Å². The molecule has 1 aliphatic heterocycles. The summed E-state index contributed by atoms with van der Waals surface area (Å²) < 4.78 is 43.4. The van der Waals surface area contributed by atoms with Crippen molar-refractivity contribution in [2.24, 2.45) is 0 Å². The Labute approximate surface area is 162 Å². The third-order valence-corrected chi connectivity index (χ3v) is 5.49. The minimum absolute atomic E-state index is 0.0985. The smallest absolute Gasteiger partial charge is 0.371 e. The van der Waals surface area contributed by atoms with E-state index >= 15 is 0 Å². The molecule has 0 radical (unpaired) electrons. The lowest BCUT2D eigenvalue weighted by Crippen LogP contribution is -2.34. The number of aryl methyl sites for hydroxylation is 1. The highest BCUT2D eigenvalue weighted by Gasteiger charge is 2.39. The van der Waals surface area contributed by atoms with E-state index in [0.29, 0.717) is 31.3 Å². The van der Waals surface area contributed by atoms with Crippen molar-refractivity contribution in [2.45, 2.75) is 44.7 Å². The summed E-state index contributed by atoms with van der Waals surface area (Å²) in [6.07, 6.45) is 0.260.